The van der Waals surface area contributed by atoms with E-state index in [0.717, 1.165) is 14.5 Å². The van der Waals surface area contributed by atoms with Crippen molar-refractivity contribution in [2.75, 3.05) is 6.61 Å². The van der Waals surface area contributed by atoms with E-state index < -0.39 is 5.97 Å². The highest BCUT2D eigenvalue weighted by Gasteiger charge is 2.24. The first-order valence-corrected chi connectivity index (χ1v) is 7.49. The molecule has 1 aromatic carbocycles. The minimum absolute atomic E-state index is 0.178. The summed E-state index contributed by atoms with van der Waals surface area (Å²) in [7, 11) is 0. The van der Waals surface area contributed by atoms with E-state index in [1.165, 1.54) is 0 Å². The van der Waals surface area contributed by atoms with Crippen LogP contribution in [-0.2, 0) is 4.74 Å². The Labute approximate surface area is 134 Å². The summed E-state index contributed by atoms with van der Waals surface area (Å²) in [6.45, 7) is 3.68. The molecule has 0 bridgehead atoms. The second kappa shape index (κ2) is 5.18. The predicted octanol–water partition coefficient (Wildman–Crippen LogP) is 3.78. The third-order valence-electron chi connectivity index (χ3n) is 3.20. The number of esters is 1. The Morgan fingerprint density at radius 3 is 2.95 bits per heavy atom. The molecule has 108 valence electrons. The molecule has 0 radical (unpaired) electrons. The maximum atomic E-state index is 11.9. The lowest BCUT2D eigenvalue weighted by Gasteiger charge is -2.02. The van der Waals surface area contributed by atoms with E-state index in [-0.39, 0.29) is 18.1 Å². The topological polar surface area (TPSA) is 72.6 Å². The number of fused-ring (bicyclic) bond motifs is 3. The van der Waals surface area contributed by atoms with Crippen LogP contribution in [0.15, 0.2) is 22.6 Å². The molecule has 0 aliphatic heterocycles. The van der Waals surface area contributed by atoms with Gasteiger partial charge in [0.25, 0.3) is 5.76 Å². The fourth-order valence-electron chi connectivity index (χ4n) is 2.31. The molecule has 0 amide bonds. The summed E-state index contributed by atoms with van der Waals surface area (Å²) in [4.78, 5) is 16.3. The summed E-state index contributed by atoms with van der Waals surface area (Å²) in [6.07, 6.45) is 0. The number of aryl methyl sites for hydroxylation is 1. The third-order valence-corrected chi connectivity index (χ3v) is 3.87. The van der Waals surface area contributed by atoms with Crippen LogP contribution in [0.1, 0.15) is 23.2 Å². The molecule has 2 heterocycles. The highest BCUT2D eigenvalue weighted by atomic mass is 127. The number of nitrogens with zero attached hydrogens (tertiary/aromatic N) is 1. The molecule has 5 nitrogen and oxygen atoms in total. The normalized spacial score (nSPS) is 11.2. The summed E-state index contributed by atoms with van der Waals surface area (Å²) in [5.41, 5.74) is 1.82. The number of benzene rings is 1. The van der Waals surface area contributed by atoms with Crippen molar-refractivity contribution in [1.82, 2.24) is 4.98 Å². The number of halogens is 1. The van der Waals surface area contributed by atoms with E-state index in [9.17, 15) is 9.90 Å². The SMILES string of the molecule is CCOC(=O)c1oc2c(c(C)nc3ccc(I)cc32)c1O. The Kier molecular flexibility index (Phi) is 3.48. The number of rotatable bonds is 2. The maximum absolute atomic E-state index is 11.9. The first kappa shape index (κ1) is 14.1. The van der Waals surface area contributed by atoms with Crippen LogP contribution in [0.5, 0.6) is 5.75 Å². The summed E-state index contributed by atoms with van der Waals surface area (Å²) in [6, 6.07) is 5.73. The lowest BCUT2D eigenvalue weighted by molar-refractivity contribution is 0.0488. The Hall–Kier alpha value is -1.83. The molecular formula is C15H12INO4. The Balaban J connectivity index is 2.39. The summed E-state index contributed by atoms with van der Waals surface area (Å²) >= 11 is 2.19. The first-order valence-electron chi connectivity index (χ1n) is 6.41. The number of hydrogen-bond acceptors (Lipinski definition) is 5. The van der Waals surface area contributed by atoms with Crippen molar-refractivity contribution < 1.29 is 19.1 Å². The lowest BCUT2D eigenvalue weighted by Crippen LogP contribution is -2.03. The average molecular weight is 397 g/mol. The van der Waals surface area contributed by atoms with Gasteiger partial charge in [0.2, 0.25) is 0 Å². The molecule has 3 rings (SSSR count). The molecule has 0 saturated heterocycles. The summed E-state index contributed by atoms with van der Waals surface area (Å²) < 4.78 is 11.5. The average Bonchev–Trinajstić information content (AvgIpc) is 2.79. The van der Waals surface area contributed by atoms with Gasteiger partial charge in [-0.05, 0) is 54.6 Å². The fraction of sp³-hybridized carbons (Fsp3) is 0.200. The highest BCUT2D eigenvalue weighted by Crippen LogP contribution is 2.38. The Bertz CT molecular complexity index is 869. The van der Waals surface area contributed by atoms with E-state index in [1.54, 1.807) is 13.8 Å². The van der Waals surface area contributed by atoms with Crippen molar-refractivity contribution in [3.05, 3.63) is 33.2 Å². The van der Waals surface area contributed by atoms with Crippen LogP contribution >= 0.6 is 22.6 Å². The molecule has 0 aliphatic carbocycles. The van der Waals surface area contributed by atoms with Gasteiger partial charge in [0, 0.05) is 8.96 Å². The number of aromatic hydroxyl groups is 1. The van der Waals surface area contributed by atoms with E-state index in [2.05, 4.69) is 27.6 Å². The second-order valence-corrected chi connectivity index (χ2v) is 5.81. The van der Waals surface area contributed by atoms with Gasteiger partial charge in [-0.2, -0.15) is 0 Å². The molecule has 0 saturated carbocycles. The number of carbonyl (C=O) groups is 1. The van der Waals surface area contributed by atoms with Crippen LogP contribution in [0.4, 0.5) is 0 Å². The monoisotopic (exact) mass is 397 g/mol. The molecule has 2 aromatic heterocycles. The summed E-state index contributed by atoms with van der Waals surface area (Å²) in [5.74, 6) is -1.07. The molecule has 0 unspecified atom stereocenters. The Morgan fingerprint density at radius 1 is 1.48 bits per heavy atom. The van der Waals surface area contributed by atoms with E-state index in [4.69, 9.17) is 9.15 Å². The number of ether oxygens (including phenoxy) is 1. The number of carbonyl (C=O) groups excluding carboxylic acids is 1. The van der Waals surface area contributed by atoms with Gasteiger partial charge in [-0.15, -0.1) is 0 Å². The van der Waals surface area contributed by atoms with Gasteiger partial charge >= 0.3 is 5.97 Å². The van der Waals surface area contributed by atoms with Gasteiger partial charge < -0.3 is 14.3 Å². The zero-order chi connectivity index (χ0) is 15.1. The van der Waals surface area contributed by atoms with E-state index >= 15 is 0 Å². The smallest absolute Gasteiger partial charge is 0.378 e. The van der Waals surface area contributed by atoms with Crippen LogP contribution in [0.25, 0.3) is 21.9 Å². The summed E-state index contributed by atoms with van der Waals surface area (Å²) in [5, 5.41) is 11.5. The van der Waals surface area contributed by atoms with Crippen LogP contribution in [0.2, 0.25) is 0 Å². The molecule has 0 fully saturated rings. The van der Waals surface area contributed by atoms with Crippen LogP contribution in [0, 0.1) is 10.5 Å². The van der Waals surface area contributed by atoms with Crippen molar-refractivity contribution in [2.24, 2.45) is 0 Å². The molecule has 21 heavy (non-hydrogen) atoms. The predicted molar refractivity (Wildman–Crippen MR) is 86.6 cm³/mol. The van der Waals surface area contributed by atoms with Crippen LogP contribution < -0.4 is 0 Å². The quantitative estimate of drug-likeness (QED) is 0.527. The highest BCUT2D eigenvalue weighted by molar-refractivity contribution is 14.1. The third kappa shape index (κ3) is 2.23. The minimum atomic E-state index is -0.677. The molecule has 6 heteroatoms. The van der Waals surface area contributed by atoms with Crippen LogP contribution in [-0.4, -0.2) is 22.7 Å². The molecule has 1 N–H and O–H groups in total. The van der Waals surface area contributed by atoms with Gasteiger partial charge in [0.05, 0.1) is 23.2 Å². The Morgan fingerprint density at radius 2 is 2.24 bits per heavy atom. The van der Waals surface area contributed by atoms with Gasteiger partial charge in [0.1, 0.15) is 5.58 Å². The van der Waals surface area contributed by atoms with Gasteiger partial charge in [-0.25, -0.2) is 4.79 Å². The van der Waals surface area contributed by atoms with Crippen molar-refractivity contribution in [1.29, 1.82) is 0 Å². The van der Waals surface area contributed by atoms with Crippen molar-refractivity contribution >= 4 is 50.4 Å². The standard InChI is InChI=1S/C15H12INO4/c1-3-20-15(19)14-12(18)11-7(2)17-10-5-4-8(16)6-9(10)13(11)21-14/h4-6,18H,3H2,1-2H3. The van der Waals surface area contributed by atoms with Crippen molar-refractivity contribution in [3.63, 3.8) is 0 Å². The molecule has 3 aromatic rings. The number of hydrogen-bond donors (Lipinski definition) is 1. The molecular weight excluding hydrogens is 385 g/mol. The fourth-order valence-corrected chi connectivity index (χ4v) is 2.80. The molecule has 0 aliphatic rings. The van der Waals surface area contributed by atoms with Gasteiger partial charge in [-0.3, -0.25) is 4.98 Å². The zero-order valence-corrected chi connectivity index (χ0v) is 13.6. The van der Waals surface area contributed by atoms with Crippen LogP contribution in [0.3, 0.4) is 0 Å². The maximum Gasteiger partial charge on any atom is 0.378 e. The zero-order valence-electron chi connectivity index (χ0n) is 11.4. The first-order chi connectivity index (χ1) is 10.0. The molecule has 0 spiro atoms. The minimum Gasteiger partial charge on any atom is -0.503 e. The van der Waals surface area contributed by atoms with Gasteiger partial charge in [-0.1, -0.05) is 0 Å². The molecule has 0 atom stereocenters. The number of furan rings is 1. The van der Waals surface area contributed by atoms with Gasteiger partial charge in [0.15, 0.2) is 5.75 Å². The lowest BCUT2D eigenvalue weighted by atomic mass is 10.1. The second-order valence-electron chi connectivity index (χ2n) is 4.56. The van der Waals surface area contributed by atoms with Crippen molar-refractivity contribution in [3.8, 4) is 5.75 Å². The van der Waals surface area contributed by atoms with Crippen molar-refractivity contribution in [2.45, 2.75) is 13.8 Å². The van der Waals surface area contributed by atoms with E-state index in [1.807, 2.05) is 18.2 Å². The van der Waals surface area contributed by atoms with E-state index in [0.29, 0.717) is 16.7 Å². The number of aromatic nitrogens is 1. The largest absolute Gasteiger partial charge is 0.503 e. The number of pyridine rings is 1.